The average molecular weight is 507 g/mol. The van der Waals surface area contributed by atoms with Gasteiger partial charge in [0.25, 0.3) is 0 Å². The van der Waals surface area contributed by atoms with E-state index in [4.69, 9.17) is 0 Å². The summed E-state index contributed by atoms with van der Waals surface area (Å²) in [7, 11) is 0. The van der Waals surface area contributed by atoms with Gasteiger partial charge >= 0.3 is 0 Å². The fourth-order valence-corrected chi connectivity index (χ4v) is 0.977. The van der Waals surface area contributed by atoms with E-state index >= 15 is 0 Å². The molecule has 0 unspecified atom stereocenters. The molecule has 0 aliphatic carbocycles. The maximum atomic E-state index is 2.16. The van der Waals surface area contributed by atoms with Crippen LogP contribution in [0.2, 0.25) is 0 Å². The third kappa shape index (κ3) is 22.7. The number of hydrogen-bond acceptors (Lipinski definition) is 0. The van der Waals surface area contributed by atoms with Crippen LogP contribution < -0.4 is 0 Å². The van der Waals surface area contributed by atoms with E-state index in [2.05, 4.69) is 45.0 Å². The molecule has 3 heteroatoms. The zero-order valence-corrected chi connectivity index (χ0v) is 19.6. The number of rotatable bonds is 2. The summed E-state index contributed by atoms with van der Waals surface area (Å²) in [5.74, 6) is 2.77. The van der Waals surface area contributed by atoms with Crippen molar-refractivity contribution < 1.29 is 98.1 Å². The van der Waals surface area contributed by atoms with Gasteiger partial charge in [0.05, 0.1) is 0 Å². The molecule has 0 heterocycles. The topological polar surface area (TPSA) is 0 Å². The largest absolute Gasteiger partial charge is 0.356 e. The van der Waals surface area contributed by atoms with Crippen LogP contribution in [-0.4, -0.2) is 0 Å². The van der Waals surface area contributed by atoms with Crippen molar-refractivity contribution in [3.8, 4) is 0 Å². The second-order valence-electron chi connectivity index (χ2n) is 2.99. The quantitative estimate of drug-likeness (QED) is 0.386. The average Bonchev–Trinajstić information content (AvgIpc) is 2.21. The summed E-state index contributed by atoms with van der Waals surface area (Å²) < 4.78 is 0. The van der Waals surface area contributed by atoms with Crippen LogP contribution in [-0.2, 0) is 98.1 Å². The normalized spacial score (nSPS) is 5.90. The summed E-state index contributed by atoms with van der Waals surface area (Å²) in [5.41, 5.74) is 1.33. The summed E-state index contributed by atoms with van der Waals surface area (Å²) in [6.45, 7) is 10.4. The van der Waals surface area contributed by atoms with Gasteiger partial charge in [0.15, 0.2) is 0 Å². The van der Waals surface area contributed by atoms with Crippen LogP contribution in [0.4, 0.5) is 0 Å². The minimum absolute atomic E-state index is 0. The maximum absolute atomic E-state index is 2.16. The van der Waals surface area contributed by atoms with Crippen molar-refractivity contribution in [2.24, 2.45) is 0 Å². The Hall–Kier alpha value is 2.40. The first-order valence-electron chi connectivity index (χ1n) is 4.91. The molecule has 1 aromatic rings. The molecule has 1 aromatic carbocycles. The van der Waals surface area contributed by atoms with E-state index in [1.165, 1.54) is 17.4 Å². The molecule has 0 aliphatic heterocycles. The second kappa shape index (κ2) is 33.1. The third-order valence-electron chi connectivity index (χ3n) is 1.96. The second-order valence-corrected chi connectivity index (χ2v) is 2.99. The summed E-state index contributed by atoms with van der Waals surface area (Å²) in [6.07, 6.45) is 0. The van der Waals surface area contributed by atoms with Gasteiger partial charge in [-0.05, 0) is 0 Å². The standard InChI is InChI=1S/C11H14.C2H6.4CH4.3Y/c1-9(2)10(3)11-7-5-4-6-8-11;1-2;;;;;;;/h4-8H,1-3H3;1-2H3;4*1H4;;;/q-2;;;;;;;;. The molecule has 20 heavy (non-hydrogen) atoms. The van der Waals surface area contributed by atoms with Crippen LogP contribution in [0.1, 0.15) is 69.9 Å². The van der Waals surface area contributed by atoms with E-state index < -0.39 is 0 Å². The van der Waals surface area contributed by atoms with Crippen LogP contribution in [0.15, 0.2) is 30.3 Å². The molecule has 0 saturated heterocycles. The van der Waals surface area contributed by atoms with Crippen LogP contribution in [0.5, 0.6) is 0 Å². The zero-order chi connectivity index (χ0) is 10.3. The van der Waals surface area contributed by atoms with Crippen LogP contribution in [0.3, 0.4) is 0 Å². The van der Waals surface area contributed by atoms with Crippen LogP contribution in [0.25, 0.3) is 0 Å². The Morgan fingerprint density at radius 3 is 1.20 bits per heavy atom. The molecule has 3 radical (unpaired) electrons. The first-order chi connectivity index (χ1) is 6.22. The molecule has 0 saturated carbocycles. The van der Waals surface area contributed by atoms with Crippen molar-refractivity contribution in [1.29, 1.82) is 0 Å². The smallest absolute Gasteiger partial charge is 0 e. The van der Waals surface area contributed by atoms with Crippen LogP contribution >= 0.6 is 0 Å². The minimum atomic E-state index is 0. The molecule has 0 nitrogen and oxygen atoms in total. The Bertz CT molecular complexity index is 211. The van der Waals surface area contributed by atoms with E-state index in [9.17, 15) is 0 Å². The van der Waals surface area contributed by atoms with Gasteiger partial charge < -0.3 is 11.8 Å². The van der Waals surface area contributed by atoms with E-state index in [0.29, 0.717) is 0 Å². The monoisotopic (exact) mass is 507 g/mol. The van der Waals surface area contributed by atoms with E-state index in [1.54, 1.807) is 0 Å². The molecule has 1 rings (SSSR count). The maximum Gasteiger partial charge on any atom is 0 e. The molecule has 0 spiro atoms. The summed E-state index contributed by atoms with van der Waals surface area (Å²) in [5, 5.41) is 0. The molecule has 0 bridgehead atoms. The summed E-state index contributed by atoms with van der Waals surface area (Å²) in [6, 6.07) is 10.5. The Kier molecular flexibility index (Phi) is 81.9. The van der Waals surface area contributed by atoms with Gasteiger partial charge in [0, 0.05) is 98.1 Å². The first-order valence-corrected chi connectivity index (χ1v) is 4.91. The van der Waals surface area contributed by atoms with E-state index in [1.807, 2.05) is 19.9 Å². The molecule has 115 valence electrons. The molecule has 0 amide bonds. The van der Waals surface area contributed by atoms with Crippen molar-refractivity contribution in [3.63, 3.8) is 0 Å². The molecular weight excluding hydrogens is 471 g/mol. The summed E-state index contributed by atoms with van der Waals surface area (Å²) in [4.78, 5) is 0. The Morgan fingerprint density at radius 2 is 0.950 bits per heavy atom. The minimum Gasteiger partial charge on any atom is -0.356 e. The molecule has 0 fully saturated rings. The Balaban J connectivity index is -0.0000000256. The van der Waals surface area contributed by atoms with Gasteiger partial charge in [-0.3, -0.25) is 0 Å². The van der Waals surface area contributed by atoms with E-state index in [0.717, 1.165) is 0 Å². The Labute approximate surface area is 207 Å². The van der Waals surface area contributed by atoms with Gasteiger partial charge in [-0.2, -0.15) is 26.0 Å². The van der Waals surface area contributed by atoms with Crippen molar-refractivity contribution >= 4 is 0 Å². The molecular formula is C17H36Y3-2. The third-order valence-corrected chi connectivity index (χ3v) is 1.96. The van der Waals surface area contributed by atoms with Gasteiger partial charge in [-0.25, -0.2) is 5.56 Å². The van der Waals surface area contributed by atoms with Gasteiger partial charge in [0.1, 0.15) is 0 Å². The van der Waals surface area contributed by atoms with E-state index in [-0.39, 0.29) is 128 Å². The molecule has 0 N–H and O–H groups in total. The fourth-order valence-electron chi connectivity index (χ4n) is 0.977. The predicted octanol–water partition coefficient (Wildman–Crippen LogP) is 6.81. The van der Waals surface area contributed by atoms with Gasteiger partial charge in [-0.1, -0.05) is 49.6 Å². The number of benzene rings is 1. The van der Waals surface area contributed by atoms with Crippen molar-refractivity contribution in [3.05, 3.63) is 47.7 Å². The van der Waals surface area contributed by atoms with Gasteiger partial charge in [-0.15, -0.1) is 19.1 Å². The summed E-state index contributed by atoms with van der Waals surface area (Å²) >= 11 is 0. The number of hydrogen-bond donors (Lipinski definition) is 0. The fraction of sp³-hybridized carbons (Fsp3) is 0.529. The van der Waals surface area contributed by atoms with Crippen molar-refractivity contribution in [1.82, 2.24) is 0 Å². The van der Waals surface area contributed by atoms with Crippen molar-refractivity contribution in [2.75, 3.05) is 0 Å². The Morgan fingerprint density at radius 1 is 0.650 bits per heavy atom. The zero-order valence-electron chi connectivity index (χ0n) is 11.1. The first kappa shape index (κ1) is 49.5. The molecule has 0 atom stereocenters. The van der Waals surface area contributed by atoms with Crippen molar-refractivity contribution in [2.45, 2.75) is 64.3 Å². The predicted molar refractivity (Wildman–Crippen MR) is 87.3 cm³/mol. The SMILES string of the molecule is C.C.C.C.CC.C[C-](C)[C-](C)c1ccccc1.[Y].[Y].[Y]. The van der Waals surface area contributed by atoms with Crippen LogP contribution in [0, 0.1) is 11.8 Å². The van der Waals surface area contributed by atoms with Gasteiger partial charge in [0.2, 0.25) is 0 Å². The molecule has 0 aromatic heterocycles. The molecule has 0 aliphatic rings.